The SMILES string of the molecule is CC(C)CCC[C@@H](C)[C@H]1CC[C@H]2[C@@H]3CC[C@H]4C[C@@H](OP(=O)(Nc5ccccc5C(=O)NC(C)(C)C)Oc5ccccc5)CC[C@]4(C)[C@H]3CC[C@]12C. The monoisotopic (exact) mass is 718 g/mol. The van der Waals surface area contributed by atoms with Gasteiger partial charge in [0.25, 0.3) is 5.91 Å². The van der Waals surface area contributed by atoms with Gasteiger partial charge in [-0.15, -0.1) is 0 Å². The minimum Gasteiger partial charge on any atom is -0.409 e. The highest BCUT2D eigenvalue weighted by Crippen LogP contribution is 2.69. The van der Waals surface area contributed by atoms with Crippen LogP contribution in [0.15, 0.2) is 54.6 Å². The van der Waals surface area contributed by atoms with Crippen LogP contribution in [0, 0.1) is 52.3 Å². The Balaban J connectivity index is 1.16. The first-order valence-electron chi connectivity index (χ1n) is 20.3. The molecule has 1 unspecified atom stereocenters. The number of hydrogen-bond donors (Lipinski definition) is 2. The van der Waals surface area contributed by atoms with E-state index < -0.39 is 13.3 Å². The lowest BCUT2D eigenvalue weighted by molar-refractivity contribution is -0.127. The highest BCUT2D eigenvalue weighted by Gasteiger charge is 2.61. The molecule has 1 amide bonds. The van der Waals surface area contributed by atoms with Crippen molar-refractivity contribution in [1.82, 2.24) is 5.32 Å². The van der Waals surface area contributed by atoms with Crippen molar-refractivity contribution < 1.29 is 18.4 Å². The zero-order chi connectivity index (χ0) is 36.6. The van der Waals surface area contributed by atoms with Gasteiger partial charge in [0.2, 0.25) is 0 Å². The number of hydrogen-bond acceptors (Lipinski definition) is 4. The zero-order valence-electron chi connectivity index (χ0n) is 32.9. The van der Waals surface area contributed by atoms with Crippen LogP contribution in [0.3, 0.4) is 0 Å². The molecule has 282 valence electrons. The van der Waals surface area contributed by atoms with Gasteiger partial charge in [0.05, 0.1) is 17.4 Å². The lowest BCUT2D eigenvalue weighted by Crippen LogP contribution is -2.54. The molecule has 0 bridgehead atoms. The van der Waals surface area contributed by atoms with Crippen LogP contribution < -0.4 is 14.9 Å². The molecule has 4 saturated carbocycles. The third-order valence-electron chi connectivity index (χ3n) is 14.0. The first-order valence-corrected chi connectivity index (χ1v) is 21.9. The number of fused-ring (bicyclic) bond motifs is 5. The second-order valence-corrected chi connectivity index (χ2v) is 20.6. The molecule has 6 nitrogen and oxygen atoms in total. The lowest BCUT2D eigenvalue weighted by Gasteiger charge is -2.61. The summed E-state index contributed by atoms with van der Waals surface area (Å²) in [6.07, 6.45) is 14.9. The van der Waals surface area contributed by atoms with E-state index in [1.807, 2.05) is 51.1 Å². The first kappa shape index (κ1) is 38.4. The summed E-state index contributed by atoms with van der Waals surface area (Å²) in [7, 11) is -3.93. The molecular weight excluding hydrogens is 651 g/mol. The predicted molar refractivity (Wildman–Crippen MR) is 210 cm³/mol. The molecular formula is C44H67N2O4P. The van der Waals surface area contributed by atoms with E-state index in [0.29, 0.717) is 33.7 Å². The van der Waals surface area contributed by atoms with Crippen molar-refractivity contribution in [3.05, 3.63) is 60.2 Å². The summed E-state index contributed by atoms with van der Waals surface area (Å²) in [5.41, 5.74) is 1.22. The third kappa shape index (κ3) is 8.43. The molecule has 51 heavy (non-hydrogen) atoms. The van der Waals surface area contributed by atoms with Gasteiger partial charge in [-0.3, -0.25) is 14.4 Å². The van der Waals surface area contributed by atoms with Gasteiger partial charge in [-0.2, -0.15) is 0 Å². The predicted octanol–water partition coefficient (Wildman–Crippen LogP) is 12.3. The molecule has 4 aliphatic rings. The first-order chi connectivity index (χ1) is 24.1. The Labute approximate surface area is 309 Å². The highest BCUT2D eigenvalue weighted by atomic mass is 31.2. The summed E-state index contributed by atoms with van der Waals surface area (Å²) in [6, 6.07) is 16.4. The van der Waals surface area contributed by atoms with E-state index in [9.17, 15) is 9.36 Å². The number of para-hydroxylation sites is 2. The normalized spacial score (nSPS) is 33.7. The van der Waals surface area contributed by atoms with Crippen LogP contribution in [-0.2, 0) is 9.09 Å². The molecule has 0 aliphatic heterocycles. The molecule has 2 N–H and O–H groups in total. The fourth-order valence-corrected chi connectivity index (χ4v) is 13.2. The number of anilines is 1. The van der Waals surface area contributed by atoms with Crippen molar-refractivity contribution in [2.24, 2.45) is 52.3 Å². The number of carbonyl (C=O) groups is 1. The van der Waals surface area contributed by atoms with E-state index in [0.717, 1.165) is 54.8 Å². The van der Waals surface area contributed by atoms with Gasteiger partial charge in [0.15, 0.2) is 0 Å². The fourth-order valence-electron chi connectivity index (χ4n) is 11.6. The maximum absolute atomic E-state index is 14.8. The van der Waals surface area contributed by atoms with Gasteiger partial charge in [-0.25, -0.2) is 4.57 Å². The lowest BCUT2D eigenvalue weighted by atomic mass is 9.44. The highest BCUT2D eigenvalue weighted by molar-refractivity contribution is 7.55. The van der Waals surface area contributed by atoms with E-state index >= 15 is 0 Å². The summed E-state index contributed by atoms with van der Waals surface area (Å²) >= 11 is 0. The van der Waals surface area contributed by atoms with Gasteiger partial charge in [0, 0.05) is 5.54 Å². The van der Waals surface area contributed by atoms with Gasteiger partial charge in [-0.1, -0.05) is 84.2 Å². The molecule has 0 saturated heterocycles. The number of amides is 1. The van der Waals surface area contributed by atoms with Crippen molar-refractivity contribution in [1.29, 1.82) is 0 Å². The number of benzene rings is 2. The zero-order valence-corrected chi connectivity index (χ0v) is 33.8. The second kappa shape index (κ2) is 15.2. The number of rotatable bonds is 12. The standard InChI is InChI=1S/C44H67N2O4P/c1-30(2)15-14-16-31(3)37-23-24-38-35-22-21-32-29-34(25-27-43(32,7)39(35)26-28-44(37,38)8)50-51(48,49-33-17-10-9-11-18-33)46-40-20-13-12-19-36(40)41(47)45-42(4,5)6/h9-13,17-20,30-32,34-35,37-39H,14-16,21-29H2,1-8H3,(H,45,47)(H,46,48)/t31-,32+,34+,35+,37-,38+,39+,43+,44-,51?/m1/s1. The molecule has 0 spiro atoms. The van der Waals surface area contributed by atoms with E-state index in [4.69, 9.17) is 9.05 Å². The Hall–Kier alpha value is -2.30. The molecule has 7 heteroatoms. The third-order valence-corrected chi connectivity index (χ3v) is 15.5. The molecule has 4 aliphatic carbocycles. The van der Waals surface area contributed by atoms with Crippen LogP contribution in [0.25, 0.3) is 0 Å². The van der Waals surface area contributed by atoms with Crippen molar-refractivity contribution in [3.63, 3.8) is 0 Å². The summed E-state index contributed by atoms with van der Waals surface area (Å²) in [4.78, 5) is 13.3. The van der Waals surface area contributed by atoms with Crippen molar-refractivity contribution in [2.75, 3.05) is 5.09 Å². The molecule has 10 atom stereocenters. The van der Waals surface area contributed by atoms with Crippen molar-refractivity contribution in [3.8, 4) is 5.75 Å². The number of nitrogens with one attached hydrogen (secondary N) is 2. The molecule has 0 radical (unpaired) electrons. The summed E-state index contributed by atoms with van der Waals surface area (Å²) < 4.78 is 27.6. The largest absolute Gasteiger partial charge is 0.486 e. The van der Waals surface area contributed by atoms with E-state index in [1.165, 1.54) is 57.8 Å². The quantitative estimate of drug-likeness (QED) is 0.214. The Morgan fingerprint density at radius 2 is 1.55 bits per heavy atom. The smallest absolute Gasteiger partial charge is 0.409 e. The molecule has 4 fully saturated rings. The Bertz CT molecular complexity index is 1540. The average Bonchev–Trinajstić information content (AvgIpc) is 3.42. The van der Waals surface area contributed by atoms with E-state index in [-0.39, 0.29) is 12.0 Å². The van der Waals surface area contributed by atoms with Crippen LogP contribution in [0.2, 0.25) is 0 Å². The summed E-state index contributed by atoms with van der Waals surface area (Å²) in [5.74, 6) is 5.76. The van der Waals surface area contributed by atoms with Crippen LogP contribution in [-0.4, -0.2) is 17.6 Å². The molecule has 6 rings (SSSR count). The minimum absolute atomic E-state index is 0.186. The molecule has 2 aromatic carbocycles. The van der Waals surface area contributed by atoms with E-state index in [1.54, 1.807) is 24.3 Å². The topological polar surface area (TPSA) is 76.7 Å². The summed E-state index contributed by atoms with van der Waals surface area (Å²) in [6.45, 7) is 18.4. The van der Waals surface area contributed by atoms with Gasteiger partial charge >= 0.3 is 7.75 Å². The minimum atomic E-state index is -3.93. The maximum Gasteiger partial charge on any atom is 0.486 e. The molecule has 0 heterocycles. The Morgan fingerprint density at radius 3 is 2.27 bits per heavy atom. The Morgan fingerprint density at radius 1 is 0.863 bits per heavy atom. The van der Waals surface area contributed by atoms with Crippen LogP contribution >= 0.6 is 7.75 Å². The van der Waals surface area contributed by atoms with E-state index in [2.05, 4.69) is 45.0 Å². The molecule has 0 aromatic heterocycles. The second-order valence-electron chi connectivity index (χ2n) is 19.0. The van der Waals surface area contributed by atoms with Gasteiger partial charge in [-0.05, 0) is 155 Å². The fraction of sp³-hybridized carbons (Fsp3) is 0.705. The Kier molecular flexibility index (Phi) is 11.5. The summed E-state index contributed by atoms with van der Waals surface area (Å²) in [5, 5.41) is 6.16. The average molecular weight is 719 g/mol. The van der Waals surface area contributed by atoms with Crippen LogP contribution in [0.1, 0.15) is 143 Å². The molecule has 2 aromatic rings. The van der Waals surface area contributed by atoms with Crippen LogP contribution in [0.4, 0.5) is 5.69 Å². The van der Waals surface area contributed by atoms with Gasteiger partial charge in [0.1, 0.15) is 5.75 Å². The van der Waals surface area contributed by atoms with Crippen molar-refractivity contribution in [2.45, 2.75) is 144 Å². The maximum atomic E-state index is 14.8. The van der Waals surface area contributed by atoms with Crippen LogP contribution in [0.5, 0.6) is 5.75 Å². The number of carbonyl (C=O) groups excluding carboxylic acids is 1. The van der Waals surface area contributed by atoms with Gasteiger partial charge < -0.3 is 9.84 Å². The van der Waals surface area contributed by atoms with Crippen molar-refractivity contribution >= 4 is 19.3 Å².